The van der Waals surface area contributed by atoms with Gasteiger partial charge in [0, 0.05) is 5.69 Å². The summed E-state index contributed by atoms with van der Waals surface area (Å²) in [6.07, 6.45) is 1.36. The molecule has 130 valence electrons. The number of thiazole rings is 1. The van der Waals surface area contributed by atoms with Crippen LogP contribution in [0.4, 0.5) is 5.69 Å². The maximum atomic E-state index is 12.5. The average molecular weight is 376 g/mol. The van der Waals surface area contributed by atoms with Gasteiger partial charge in [0.05, 0.1) is 7.11 Å². The number of hydrogen-bond acceptors (Lipinski definition) is 7. The molecule has 0 bridgehead atoms. The van der Waals surface area contributed by atoms with E-state index in [1.54, 1.807) is 43.1 Å². The SMILES string of the molecule is CCSc1nc2ncn(CC(=O)Nc3ccc(OC)cc3)c(=O)c2s1. The molecule has 0 unspecified atom stereocenters. The third-order valence-corrected chi connectivity index (χ3v) is 5.38. The second kappa shape index (κ2) is 7.66. The number of carbonyl (C=O) groups is 1. The molecule has 0 atom stereocenters. The minimum atomic E-state index is -0.305. The number of amides is 1. The Hall–Kier alpha value is -2.39. The number of rotatable bonds is 6. The first-order valence-electron chi connectivity index (χ1n) is 7.53. The van der Waals surface area contributed by atoms with Gasteiger partial charge in [-0.15, -0.1) is 11.3 Å². The molecule has 0 saturated heterocycles. The summed E-state index contributed by atoms with van der Waals surface area (Å²) >= 11 is 2.87. The van der Waals surface area contributed by atoms with E-state index in [2.05, 4.69) is 15.3 Å². The largest absolute Gasteiger partial charge is 0.497 e. The maximum absolute atomic E-state index is 12.5. The summed E-state index contributed by atoms with van der Waals surface area (Å²) < 4.78 is 7.64. The summed E-state index contributed by atoms with van der Waals surface area (Å²) in [5.41, 5.74) is 0.806. The highest BCUT2D eigenvalue weighted by atomic mass is 32.2. The average Bonchev–Trinajstić information content (AvgIpc) is 3.02. The molecule has 9 heteroatoms. The van der Waals surface area contributed by atoms with E-state index in [4.69, 9.17) is 4.74 Å². The standard InChI is InChI=1S/C16H16N4O3S2/c1-3-24-16-19-14-13(25-16)15(22)20(9-17-14)8-12(21)18-10-4-6-11(23-2)7-5-10/h4-7,9H,3,8H2,1-2H3,(H,18,21). The zero-order valence-corrected chi connectivity index (χ0v) is 15.3. The summed E-state index contributed by atoms with van der Waals surface area (Å²) in [4.78, 5) is 33.2. The number of anilines is 1. The molecule has 0 saturated carbocycles. The molecule has 2 heterocycles. The van der Waals surface area contributed by atoms with Gasteiger partial charge < -0.3 is 10.1 Å². The molecular formula is C16H16N4O3S2. The van der Waals surface area contributed by atoms with Crippen LogP contribution in [-0.4, -0.2) is 33.3 Å². The zero-order valence-electron chi connectivity index (χ0n) is 13.7. The lowest BCUT2D eigenvalue weighted by Gasteiger charge is -2.07. The van der Waals surface area contributed by atoms with Gasteiger partial charge in [0.15, 0.2) is 9.99 Å². The van der Waals surface area contributed by atoms with Gasteiger partial charge in [-0.2, -0.15) is 0 Å². The van der Waals surface area contributed by atoms with E-state index in [-0.39, 0.29) is 18.0 Å². The lowest BCUT2D eigenvalue weighted by atomic mass is 10.3. The molecule has 0 aliphatic rings. The van der Waals surface area contributed by atoms with Crippen LogP contribution < -0.4 is 15.6 Å². The summed E-state index contributed by atoms with van der Waals surface area (Å²) in [7, 11) is 1.58. The number of methoxy groups -OCH3 is 1. The number of nitrogens with one attached hydrogen (secondary N) is 1. The van der Waals surface area contributed by atoms with E-state index in [0.717, 1.165) is 10.1 Å². The van der Waals surface area contributed by atoms with Crippen LogP contribution >= 0.6 is 23.1 Å². The Morgan fingerprint density at radius 1 is 1.36 bits per heavy atom. The fourth-order valence-electron chi connectivity index (χ4n) is 2.15. The zero-order chi connectivity index (χ0) is 17.8. The first kappa shape index (κ1) is 17.4. The van der Waals surface area contributed by atoms with Crippen LogP contribution in [0.15, 0.2) is 39.7 Å². The Labute approximate surface area is 152 Å². The number of nitrogens with zero attached hydrogens (tertiary/aromatic N) is 3. The highest BCUT2D eigenvalue weighted by Crippen LogP contribution is 2.25. The molecule has 25 heavy (non-hydrogen) atoms. The predicted molar refractivity (Wildman–Crippen MR) is 99.7 cm³/mol. The summed E-state index contributed by atoms with van der Waals surface area (Å²) in [5, 5.41) is 2.74. The second-order valence-electron chi connectivity index (χ2n) is 5.02. The molecule has 0 radical (unpaired) electrons. The van der Waals surface area contributed by atoms with E-state index in [9.17, 15) is 9.59 Å². The Bertz CT molecular complexity index is 950. The smallest absolute Gasteiger partial charge is 0.273 e. The van der Waals surface area contributed by atoms with Crippen LogP contribution in [0.25, 0.3) is 10.3 Å². The van der Waals surface area contributed by atoms with E-state index < -0.39 is 0 Å². The number of hydrogen-bond donors (Lipinski definition) is 1. The maximum Gasteiger partial charge on any atom is 0.273 e. The van der Waals surface area contributed by atoms with Crippen molar-refractivity contribution in [3.8, 4) is 5.75 Å². The molecule has 1 N–H and O–H groups in total. The van der Waals surface area contributed by atoms with E-state index in [1.807, 2.05) is 6.92 Å². The van der Waals surface area contributed by atoms with Crippen LogP contribution in [0.1, 0.15) is 6.92 Å². The van der Waals surface area contributed by atoms with Crippen molar-refractivity contribution in [3.05, 3.63) is 40.9 Å². The van der Waals surface area contributed by atoms with Crippen LogP contribution in [0.3, 0.4) is 0 Å². The van der Waals surface area contributed by atoms with Crippen molar-refractivity contribution in [2.24, 2.45) is 0 Å². The summed E-state index contributed by atoms with van der Waals surface area (Å²) in [5.74, 6) is 1.27. The van der Waals surface area contributed by atoms with Gasteiger partial charge in [-0.25, -0.2) is 9.97 Å². The Kier molecular flexibility index (Phi) is 5.34. The lowest BCUT2D eigenvalue weighted by molar-refractivity contribution is -0.116. The van der Waals surface area contributed by atoms with Gasteiger partial charge in [0.2, 0.25) is 5.91 Å². The number of benzene rings is 1. The molecule has 0 fully saturated rings. The van der Waals surface area contributed by atoms with Crippen molar-refractivity contribution >= 4 is 45.0 Å². The number of thioether (sulfide) groups is 1. The third kappa shape index (κ3) is 3.99. The quantitative estimate of drug-likeness (QED) is 0.666. The number of carbonyl (C=O) groups excluding carboxylic acids is 1. The molecule has 3 aromatic rings. The molecule has 2 aromatic heterocycles. The Morgan fingerprint density at radius 2 is 2.12 bits per heavy atom. The summed E-state index contributed by atoms with van der Waals surface area (Å²) in [6.45, 7) is 1.91. The molecule has 1 aromatic carbocycles. The van der Waals surface area contributed by atoms with E-state index >= 15 is 0 Å². The first-order chi connectivity index (χ1) is 12.1. The number of fused-ring (bicyclic) bond motifs is 1. The monoisotopic (exact) mass is 376 g/mol. The van der Waals surface area contributed by atoms with E-state index in [0.29, 0.717) is 21.8 Å². The molecule has 0 aliphatic carbocycles. The minimum absolute atomic E-state index is 0.109. The van der Waals surface area contributed by atoms with Crippen LogP contribution in [0, 0.1) is 0 Å². The van der Waals surface area contributed by atoms with Crippen LogP contribution in [-0.2, 0) is 11.3 Å². The normalized spacial score (nSPS) is 10.8. The summed E-state index contributed by atoms with van der Waals surface area (Å²) in [6, 6.07) is 6.97. The van der Waals surface area contributed by atoms with Gasteiger partial charge in [0.25, 0.3) is 5.56 Å². The van der Waals surface area contributed by atoms with Crippen molar-refractivity contribution in [2.75, 3.05) is 18.2 Å². The Balaban J connectivity index is 1.76. The van der Waals surface area contributed by atoms with Gasteiger partial charge in [-0.1, -0.05) is 18.7 Å². The van der Waals surface area contributed by atoms with Crippen molar-refractivity contribution in [1.82, 2.24) is 14.5 Å². The predicted octanol–water partition coefficient (Wildman–Crippen LogP) is 2.61. The second-order valence-corrected chi connectivity index (χ2v) is 7.53. The first-order valence-corrected chi connectivity index (χ1v) is 9.33. The topological polar surface area (TPSA) is 86.1 Å². The molecule has 3 rings (SSSR count). The van der Waals surface area contributed by atoms with Crippen LogP contribution in [0.5, 0.6) is 5.75 Å². The number of aromatic nitrogens is 3. The molecule has 1 amide bonds. The van der Waals surface area contributed by atoms with E-state index in [1.165, 1.54) is 22.2 Å². The molecule has 7 nitrogen and oxygen atoms in total. The Morgan fingerprint density at radius 3 is 2.80 bits per heavy atom. The number of ether oxygens (including phenoxy) is 1. The van der Waals surface area contributed by atoms with Crippen LogP contribution in [0.2, 0.25) is 0 Å². The van der Waals surface area contributed by atoms with Gasteiger partial charge in [0.1, 0.15) is 23.3 Å². The minimum Gasteiger partial charge on any atom is -0.497 e. The van der Waals surface area contributed by atoms with Crippen molar-refractivity contribution in [3.63, 3.8) is 0 Å². The van der Waals surface area contributed by atoms with Crippen molar-refractivity contribution in [2.45, 2.75) is 17.8 Å². The van der Waals surface area contributed by atoms with Gasteiger partial charge >= 0.3 is 0 Å². The third-order valence-electron chi connectivity index (χ3n) is 3.32. The molecular weight excluding hydrogens is 360 g/mol. The van der Waals surface area contributed by atoms with Crippen molar-refractivity contribution < 1.29 is 9.53 Å². The van der Waals surface area contributed by atoms with Gasteiger partial charge in [-0.05, 0) is 30.0 Å². The molecule has 0 aliphatic heterocycles. The van der Waals surface area contributed by atoms with Gasteiger partial charge in [-0.3, -0.25) is 14.2 Å². The van der Waals surface area contributed by atoms with Crippen molar-refractivity contribution in [1.29, 1.82) is 0 Å². The fourth-order valence-corrected chi connectivity index (χ4v) is 4.09. The molecule has 0 spiro atoms. The highest BCUT2D eigenvalue weighted by molar-refractivity contribution is 8.01. The lowest BCUT2D eigenvalue weighted by Crippen LogP contribution is -2.27. The highest BCUT2D eigenvalue weighted by Gasteiger charge is 2.13. The fraction of sp³-hybridized carbons (Fsp3) is 0.250.